The Morgan fingerprint density at radius 3 is 2.41 bits per heavy atom. The molecule has 1 aliphatic rings. The van der Waals surface area contributed by atoms with Crippen LogP contribution in [0.1, 0.15) is 33.1 Å². The van der Waals surface area contributed by atoms with Gasteiger partial charge in [-0.25, -0.2) is 4.79 Å². The van der Waals surface area contributed by atoms with Crippen LogP contribution in [0.2, 0.25) is 0 Å². The molecular weight excluding hydrogens is 218 g/mol. The summed E-state index contributed by atoms with van der Waals surface area (Å²) in [7, 11) is 1.65. The van der Waals surface area contributed by atoms with Crippen molar-refractivity contribution in [2.24, 2.45) is 11.1 Å². The van der Waals surface area contributed by atoms with Crippen molar-refractivity contribution < 1.29 is 9.59 Å². The zero-order chi connectivity index (χ0) is 13.1. The maximum Gasteiger partial charge on any atom is 0.326 e. The van der Waals surface area contributed by atoms with E-state index >= 15 is 0 Å². The Hall–Kier alpha value is -1.10. The number of likely N-dealkylation sites (N-methyl/N-ethyl adjacent to an activating group) is 1. The summed E-state index contributed by atoms with van der Waals surface area (Å²) in [5.41, 5.74) is 5.80. The molecule has 17 heavy (non-hydrogen) atoms. The van der Waals surface area contributed by atoms with E-state index in [1.165, 1.54) is 9.80 Å². The highest BCUT2D eigenvalue weighted by atomic mass is 16.2. The van der Waals surface area contributed by atoms with Crippen molar-refractivity contribution in [1.29, 1.82) is 0 Å². The molecule has 98 valence electrons. The maximum absolute atomic E-state index is 11.6. The number of unbranched alkanes of at least 4 members (excludes halogenated alkanes) is 1. The number of hydrogen-bond donors (Lipinski definition) is 1. The van der Waals surface area contributed by atoms with E-state index in [1.807, 2.05) is 0 Å². The second kappa shape index (κ2) is 5.49. The summed E-state index contributed by atoms with van der Waals surface area (Å²) in [6, 6.07) is -0.173. The van der Waals surface area contributed by atoms with Crippen molar-refractivity contribution in [3.8, 4) is 0 Å². The van der Waals surface area contributed by atoms with Gasteiger partial charge in [-0.3, -0.25) is 9.69 Å². The lowest BCUT2D eigenvalue weighted by Gasteiger charge is -2.22. The van der Waals surface area contributed by atoms with Crippen LogP contribution >= 0.6 is 0 Å². The minimum absolute atomic E-state index is 0.0874. The Morgan fingerprint density at radius 1 is 1.29 bits per heavy atom. The summed E-state index contributed by atoms with van der Waals surface area (Å²) in [6.45, 7) is 5.67. The van der Waals surface area contributed by atoms with Crippen molar-refractivity contribution in [3.05, 3.63) is 0 Å². The Balaban J connectivity index is 2.28. The van der Waals surface area contributed by atoms with Gasteiger partial charge >= 0.3 is 6.03 Å². The fourth-order valence-electron chi connectivity index (χ4n) is 1.86. The summed E-state index contributed by atoms with van der Waals surface area (Å²) < 4.78 is 0. The Bertz CT molecular complexity index is 302. The molecule has 0 spiro atoms. The van der Waals surface area contributed by atoms with E-state index in [9.17, 15) is 9.59 Å². The highest BCUT2D eigenvalue weighted by molar-refractivity contribution is 6.01. The van der Waals surface area contributed by atoms with Crippen molar-refractivity contribution in [2.75, 3.05) is 26.7 Å². The first kappa shape index (κ1) is 14.0. The molecule has 1 aliphatic heterocycles. The molecule has 0 aromatic carbocycles. The molecule has 0 aliphatic carbocycles. The van der Waals surface area contributed by atoms with Crippen LogP contribution in [0.3, 0.4) is 0 Å². The van der Waals surface area contributed by atoms with E-state index in [1.54, 1.807) is 7.05 Å². The van der Waals surface area contributed by atoms with E-state index in [-0.39, 0.29) is 23.9 Å². The van der Waals surface area contributed by atoms with Crippen LogP contribution in [-0.4, -0.2) is 48.4 Å². The van der Waals surface area contributed by atoms with Crippen LogP contribution in [0.15, 0.2) is 0 Å². The number of nitrogens with two attached hydrogens (primary N) is 1. The van der Waals surface area contributed by atoms with Crippen LogP contribution in [0.4, 0.5) is 4.79 Å². The molecule has 5 heteroatoms. The van der Waals surface area contributed by atoms with Gasteiger partial charge in [-0.1, -0.05) is 20.3 Å². The summed E-state index contributed by atoms with van der Waals surface area (Å²) in [4.78, 5) is 25.9. The van der Waals surface area contributed by atoms with Crippen molar-refractivity contribution in [3.63, 3.8) is 0 Å². The largest absolute Gasteiger partial charge is 0.330 e. The number of carbonyl (C=O) groups excluding carboxylic acids is 2. The monoisotopic (exact) mass is 241 g/mol. The molecule has 1 heterocycles. The second-order valence-corrected chi connectivity index (χ2v) is 5.51. The number of urea groups is 1. The number of hydrogen-bond acceptors (Lipinski definition) is 3. The molecule has 1 rings (SSSR count). The fraction of sp³-hybridized carbons (Fsp3) is 0.833. The predicted molar refractivity (Wildman–Crippen MR) is 66.4 cm³/mol. The molecule has 2 N–H and O–H groups in total. The first-order valence-electron chi connectivity index (χ1n) is 6.13. The van der Waals surface area contributed by atoms with Gasteiger partial charge in [0, 0.05) is 13.6 Å². The molecule has 0 aromatic heterocycles. The van der Waals surface area contributed by atoms with Crippen molar-refractivity contribution in [2.45, 2.75) is 33.1 Å². The number of carbonyl (C=O) groups is 2. The molecule has 0 saturated carbocycles. The van der Waals surface area contributed by atoms with Crippen molar-refractivity contribution >= 4 is 11.9 Å². The van der Waals surface area contributed by atoms with Gasteiger partial charge in [-0.05, 0) is 24.8 Å². The normalized spacial score (nSPS) is 17.2. The van der Waals surface area contributed by atoms with Gasteiger partial charge in [0.15, 0.2) is 0 Å². The summed E-state index contributed by atoms with van der Waals surface area (Å²) in [5, 5.41) is 0. The first-order valence-corrected chi connectivity index (χ1v) is 6.13. The lowest BCUT2D eigenvalue weighted by molar-refractivity contribution is -0.125. The Kier molecular flexibility index (Phi) is 4.51. The zero-order valence-corrected chi connectivity index (χ0v) is 11.0. The fourth-order valence-corrected chi connectivity index (χ4v) is 1.86. The molecule has 1 saturated heterocycles. The quantitative estimate of drug-likeness (QED) is 0.558. The van der Waals surface area contributed by atoms with Crippen LogP contribution in [-0.2, 0) is 4.79 Å². The van der Waals surface area contributed by atoms with Crippen LogP contribution in [0.5, 0.6) is 0 Å². The topological polar surface area (TPSA) is 66.6 Å². The third kappa shape index (κ3) is 3.70. The van der Waals surface area contributed by atoms with Crippen molar-refractivity contribution in [1.82, 2.24) is 9.80 Å². The SMILES string of the molecule is CN1CC(=O)N(CCCCC(C)(C)CN)C1=O. The van der Waals surface area contributed by atoms with Gasteiger partial charge in [0.2, 0.25) is 5.91 Å². The molecule has 0 atom stereocenters. The molecule has 0 unspecified atom stereocenters. The van der Waals surface area contributed by atoms with Gasteiger partial charge in [-0.2, -0.15) is 0 Å². The van der Waals surface area contributed by atoms with E-state index in [0.29, 0.717) is 13.1 Å². The number of imide groups is 1. The number of rotatable bonds is 6. The minimum atomic E-state index is -0.173. The molecular formula is C12H23N3O2. The maximum atomic E-state index is 11.6. The standard InChI is InChI=1S/C12H23N3O2/c1-12(2,9-13)6-4-5-7-15-10(16)8-14(3)11(15)17/h4-9,13H2,1-3H3. The third-order valence-corrected chi connectivity index (χ3v) is 3.27. The third-order valence-electron chi connectivity index (χ3n) is 3.27. The molecule has 0 radical (unpaired) electrons. The van der Waals surface area contributed by atoms with E-state index in [0.717, 1.165) is 19.3 Å². The predicted octanol–water partition coefficient (Wildman–Crippen LogP) is 1.04. The van der Waals surface area contributed by atoms with E-state index < -0.39 is 0 Å². The zero-order valence-electron chi connectivity index (χ0n) is 11.0. The molecule has 0 bridgehead atoms. The first-order chi connectivity index (χ1) is 7.87. The molecule has 1 fully saturated rings. The number of amides is 3. The van der Waals surface area contributed by atoms with Gasteiger partial charge in [0.1, 0.15) is 6.54 Å². The Morgan fingerprint density at radius 2 is 1.94 bits per heavy atom. The average Bonchev–Trinajstić information content (AvgIpc) is 2.50. The summed E-state index contributed by atoms with van der Waals surface area (Å²) in [5.74, 6) is -0.0874. The van der Waals surface area contributed by atoms with Gasteiger partial charge in [0.05, 0.1) is 0 Å². The average molecular weight is 241 g/mol. The van der Waals surface area contributed by atoms with Crippen LogP contribution in [0, 0.1) is 5.41 Å². The summed E-state index contributed by atoms with van der Waals surface area (Å²) >= 11 is 0. The summed E-state index contributed by atoms with van der Waals surface area (Å²) in [6.07, 6.45) is 2.87. The lowest BCUT2D eigenvalue weighted by atomic mass is 9.87. The van der Waals surface area contributed by atoms with E-state index in [4.69, 9.17) is 5.73 Å². The molecule has 3 amide bonds. The van der Waals surface area contributed by atoms with Gasteiger partial charge in [-0.15, -0.1) is 0 Å². The van der Waals surface area contributed by atoms with Crippen LogP contribution in [0.25, 0.3) is 0 Å². The highest BCUT2D eigenvalue weighted by Gasteiger charge is 2.32. The Labute approximate surface area is 103 Å². The lowest BCUT2D eigenvalue weighted by Crippen LogP contribution is -2.32. The smallest absolute Gasteiger partial charge is 0.326 e. The van der Waals surface area contributed by atoms with Crippen LogP contribution < -0.4 is 5.73 Å². The number of nitrogens with zero attached hydrogens (tertiary/aromatic N) is 2. The molecule has 5 nitrogen and oxygen atoms in total. The van der Waals surface area contributed by atoms with Gasteiger partial charge < -0.3 is 10.6 Å². The highest BCUT2D eigenvalue weighted by Crippen LogP contribution is 2.21. The van der Waals surface area contributed by atoms with Gasteiger partial charge in [0.25, 0.3) is 0 Å². The second-order valence-electron chi connectivity index (χ2n) is 5.51. The minimum Gasteiger partial charge on any atom is -0.330 e. The van der Waals surface area contributed by atoms with E-state index in [2.05, 4.69) is 13.8 Å². The molecule has 0 aromatic rings.